The van der Waals surface area contributed by atoms with Gasteiger partial charge in [-0.15, -0.1) is 11.3 Å². The minimum atomic E-state index is -1.06. The highest BCUT2D eigenvalue weighted by Crippen LogP contribution is 2.28. The van der Waals surface area contributed by atoms with Crippen LogP contribution in [0.3, 0.4) is 0 Å². The van der Waals surface area contributed by atoms with Crippen LogP contribution >= 0.6 is 11.3 Å². The molecule has 0 fully saturated rings. The predicted molar refractivity (Wildman–Crippen MR) is 81.5 cm³/mol. The van der Waals surface area contributed by atoms with Gasteiger partial charge in [0.25, 0.3) is 5.91 Å². The standard InChI is InChI=1S/C16H17NO3S/c1-16(19,14-7-4-8-21-14)10-17-15(18)13-9-11-5-2-3-6-12(11)20-13/h2-8,13,19H,9-10H2,1H3,(H,17,18)/t13-,16-/m1/s1. The van der Waals surface area contributed by atoms with Crippen LogP contribution in [-0.4, -0.2) is 23.7 Å². The van der Waals surface area contributed by atoms with Gasteiger partial charge in [0.15, 0.2) is 6.10 Å². The third kappa shape index (κ3) is 2.94. The van der Waals surface area contributed by atoms with E-state index in [4.69, 9.17) is 4.74 Å². The average Bonchev–Trinajstić information content (AvgIpc) is 3.13. The van der Waals surface area contributed by atoms with Crippen molar-refractivity contribution in [1.82, 2.24) is 5.32 Å². The van der Waals surface area contributed by atoms with Crippen molar-refractivity contribution in [3.8, 4) is 5.75 Å². The Labute approximate surface area is 127 Å². The first-order chi connectivity index (χ1) is 10.1. The number of carbonyl (C=O) groups is 1. The molecule has 2 aromatic rings. The molecule has 0 spiro atoms. The number of carbonyl (C=O) groups excluding carboxylic acids is 1. The molecule has 0 radical (unpaired) electrons. The van der Waals surface area contributed by atoms with Crippen LogP contribution in [0.15, 0.2) is 41.8 Å². The van der Waals surface area contributed by atoms with Gasteiger partial charge >= 0.3 is 0 Å². The maximum Gasteiger partial charge on any atom is 0.261 e. The lowest BCUT2D eigenvalue weighted by molar-refractivity contribution is -0.128. The molecule has 5 heteroatoms. The molecule has 3 rings (SSSR count). The van der Waals surface area contributed by atoms with Gasteiger partial charge in [0.05, 0.1) is 6.54 Å². The van der Waals surface area contributed by atoms with E-state index in [0.717, 1.165) is 16.2 Å². The van der Waals surface area contributed by atoms with Gasteiger partial charge in [0, 0.05) is 11.3 Å². The summed E-state index contributed by atoms with van der Waals surface area (Å²) in [5, 5.41) is 15.1. The van der Waals surface area contributed by atoms with Crippen molar-refractivity contribution in [3.05, 3.63) is 52.2 Å². The maximum atomic E-state index is 12.2. The Hall–Kier alpha value is -1.85. The Morgan fingerprint density at radius 3 is 2.95 bits per heavy atom. The normalized spacial score (nSPS) is 19.4. The van der Waals surface area contributed by atoms with Crippen molar-refractivity contribution >= 4 is 17.2 Å². The van der Waals surface area contributed by atoms with Crippen LogP contribution in [0.25, 0.3) is 0 Å². The molecule has 110 valence electrons. The van der Waals surface area contributed by atoms with Gasteiger partial charge in [-0.3, -0.25) is 4.79 Å². The van der Waals surface area contributed by atoms with Gasteiger partial charge in [0.2, 0.25) is 0 Å². The van der Waals surface area contributed by atoms with Crippen LogP contribution in [0, 0.1) is 0 Å². The summed E-state index contributed by atoms with van der Waals surface area (Å²) in [5.74, 6) is 0.575. The van der Waals surface area contributed by atoms with Gasteiger partial charge in [-0.2, -0.15) is 0 Å². The molecule has 1 aliphatic heterocycles. The van der Waals surface area contributed by atoms with Gasteiger partial charge in [-0.25, -0.2) is 0 Å². The van der Waals surface area contributed by atoms with Crippen LogP contribution in [0.1, 0.15) is 17.4 Å². The largest absolute Gasteiger partial charge is 0.480 e. The molecule has 0 unspecified atom stereocenters. The second-order valence-electron chi connectivity index (χ2n) is 5.39. The van der Waals surface area contributed by atoms with Gasteiger partial charge in [-0.05, 0) is 30.0 Å². The Morgan fingerprint density at radius 1 is 1.43 bits per heavy atom. The fraction of sp³-hybridized carbons (Fsp3) is 0.312. The molecule has 21 heavy (non-hydrogen) atoms. The molecule has 1 aliphatic rings. The Morgan fingerprint density at radius 2 is 2.24 bits per heavy atom. The van der Waals surface area contributed by atoms with E-state index in [1.165, 1.54) is 11.3 Å². The third-order valence-electron chi connectivity index (χ3n) is 3.60. The number of para-hydroxylation sites is 1. The van der Waals surface area contributed by atoms with Crippen LogP contribution in [0.4, 0.5) is 0 Å². The van der Waals surface area contributed by atoms with E-state index >= 15 is 0 Å². The minimum absolute atomic E-state index is 0.169. The summed E-state index contributed by atoms with van der Waals surface area (Å²) in [6.45, 7) is 1.87. The van der Waals surface area contributed by atoms with Crippen molar-refractivity contribution < 1.29 is 14.6 Å². The van der Waals surface area contributed by atoms with Crippen molar-refractivity contribution in [2.24, 2.45) is 0 Å². The van der Waals surface area contributed by atoms with Crippen LogP contribution in [0.5, 0.6) is 5.75 Å². The first kappa shape index (κ1) is 14.1. The number of ether oxygens (including phenoxy) is 1. The van der Waals surface area contributed by atoms with E-state index in [9.17, 15) is 9.90 Å². The summed E-state index contributed by atoms with van der Waals surface area (Å²) in [4.78, 5) is 13.0. The van der Waals surface area contributed by atoms with Gasteiger partial charge in [0.1, 0.15) is 11.4 Å². The summed E-state index contributed by atoms with van der Waals surface area (Å²) < 4.78 is 5.63. The van der Waals surface area contributed by atoms with E-state index in [2.05, 4.69) is 5.32 Å². The molecule has 2 atom stereocenters. The molecule has 2 heterocycles. The van der Waals surface area contributed by atoms with Crippen molar-refractivity contribution in [2.75, 3.05) is 6.54 Å². The molecule has 0 aliphatic carbocycles. The SMILES string of the molecule is C[C@@](O)(CNC(=O)[C@H]1Cc2ccccc2O1)c1cccs1. The first-order valence-electron chi connectivity index (χ1n) is 6.85. The number of hydrogen-bond acceptors (Lipinski definition) is 4. The molecular weight excluding hydrogens is 286 g/mol. The van der Waals surface area contributed by atoms with Crippen molar-refractivity contribution in [1.29, 1.82) is 0 Å². The molecule has 0 saturated heterocycles. The van der Waals surface area contributed by atoms with E-state index in [1.54, 1.807) is 6.92 Å². The second-order valence-corrected chi connectivity index (χ2v) is 6.33. The highest BCUT2D eigenvalue weighted by atomic mass is 32.1. The number of nitrogens with one attached hydrogen (secondary N) is 1. The Kier molecular flexibility index (Phi) is 3.69. The van der Waals surface area contributed by atoms with E-state index in [-0.39, 0.29) is 12.5 Å². The Balaban J connectivity index is 1.59. The van der Waals surface area contributed by atoms with Crippen LogP contribution < -0.4 is 10.1 Å². The van der Waals surface area contributed by atoms with Gasteiger partial charge < -0.3 is 15.2 Å². The van der Waals surface area contributed by atoms with Crippen LogP contribution in [-0.2, 0) is 16.8 Å². The van der Waals surface area contributed by atoms with Crippen molar-refractivity contribution in [2.45, 2.75) is 25.0 Å². The summed E-state index contributed by atoms with van der Waals surface area (Å²) in [6.07, 6.45) is 0.0601. The molecule has 4 nitrogen and oxygen atoms in total. The molecule has 2 N–H and O–H groups in total. The second kappa shape index (κ2) is 5.50. The molecule has 0 bridgehead atoms. The topological polar surface area (TPSA) is 58.6 Å². The summed E-state index contributed by atoms with van der Waals surface area (Å²) in [6, 6.07) is 11.4. The van der Waals surface area contributed by atoms with Crippen LogP contribution in [0.2, 0.25) is 0 Å². The minimum Gasteiger partial charge on any atom is -0.480 e. The molecule has 1 amide bonds. The fourth-order valence-electron chi connectivity index (χ4n) is 2.37. The first-order valence-corrected chi connectivity index (χ1v) is 7.73. The third-order valence-corrected chi connectivity index (χ3v) is 4.72. The Bertz CT molecular complexity index is 612. The average molecular weight is 303 g/mol. The summed E-state index contributed by atoms with van der Waals surface area (Å²) in [5.41, 5.74) is -0.0161. The lowest BCUT2D eigenvalue weighted by atomic mass is 10.0. The highest BCUT2D eigenvalue weighted by Gasteiger charge is 2.31. The number of fused-ring (bicyclic) bond motifs is 1. The maximum absolute atomic E-state index is 12.2. The summed E-state index contributed by atoms with van der Waals surface area (Å²) in [7, 11) is 0. The van der Waals surface area contributed by atoms with E-state index < -0.39 is 11.7 Å². The quantitative estimate of drug-likeness (QED) is 0.909. The number of aliphatic hydroxyl groups is 1. The smallest absolute Gasteiger partial charge is 0.261 e. The lowest BCUT2D eigenvalue weighted by Gasteiger charge is -2.23. The summed E-state index contributed by atoms with van der Waals surface area (Å²) >= 11 is 1.47. The van der Waals surface area contributed by atoms with Crippen molar-refractivity contribution in [3.63, 3.8) is 0 Å². The zero-order valence-corrected chi connectivity index (χ0v) is 12.5. The van der Waals surface area contributed by atoms with E-state index in [0.29, 0.717) is 6.42 Å². The number of benzene rings is 1. The lowest BCUT2D eigenvalue weighted by Crippen LogP contribution is -2.44. The number of rotatable bonds is 4. The number of hydrogen-bond donors (Lipinski definition) is 2. The molecule has 1 aromatic heterocycles. The zero-order valence-electron chi connectivity index (χ0n) is 11.7. The fourth-order valence-corrected chi connectivity index (χ4v) is 3.16. The molecule has 1 aromatic carbocycles. The number of amides is 1. The number of thiophene rings is 1. The zero-order chi connectivity index (χ0) is 14.9. The molecule has 0 saturated carbocycles. The monoisotopic (exact) mass is 303 g/mol. The van der Waals surface area contributed by atoms with Gasteiger partial charge in [-0.1, -0.05) is 24.3 Å². The van der Waals surface area contributed by atoms with E-state index in [1.807, 2.05) is 41.8 Å². The molecular formula is C16H17NO3S. The highest BCUT2D eigenvalue weighted by molar-refractivity contribution is 7.10. The predicted octanol–water partition coefficient (Wildman–Crippen LogP) is 2.08.